The largest absolute Gasteiger partial charge is 0.493 e. The number of hydrogen-bond acceptors (Lipinski definition) is 7. The van der Waals surface area contributed by atoms with Crippen LogP contribution < -0.4 is 9.47 Å². The number of aromatic nitrogens is 1. The molecular weight excluding hydrogens is 431 g/mol. The molecule has 0 N–H and O–H groups in total. The molecule has 33 heavy (non-hydrogen) atoms. The van der Waals surface area contributed by atoms with Crippen LogP contribution in [0, 0.1) is 19.7 Å². The number of methoxy groups -OCH3 is 1. The van der Waals surface area contributed by atoms with Crippen LogP contribution in [-0.4, -0.2) is 42.7 Å². The highest BCUT2D eigenvalue weighted by Gasteiger charge is 2.17. The smallest absolute Gasteiger partial charge is 0.338 e. The van der Waals surface area contributed by atoms with Gasteiger partial charge in [-0.3, -0.25) is 4.79 Å². The zero-order chi connectivity index (χ0) is 24.0. The lowest BCUT2D eigenvalue weighted by Crippen LogP contribution is -2.30. The molecule has 9 heteroatoms. The number of rotatable bonds is 9. The van der Waals surface area contributed by atoms with Crippen molar-refractivity contribution in [1.29, 1.82) is 0 Å². The van der Waals surface area contributed by atoms with Crippen LogP contribution in [0.1, 0.15) is 32.9 Å². The van der Waals surface area contributed by atoms with Crippen LogP contribution in [0.15, 0.2) is 47.0 Å². The molecule has 0 radical (unpaired) electrons. The lowest BCUT2D eigenvalue weighted by atomic mass is 10.2. The molecule has 0 aliphatic heterocycles. The van der Waals surface area contributed by atoms with Gasteiger partial charge in [0.2, 0.25) is 0 Å². The molecule has 8 nitrogen and oxygen atoms in total. The molecule has 1 heterocycles. The van der Waals surface area contributed by atoms with Gasteiger partial charge in [-0.15, -0.1) is 0 Å². The van der Waals surface area contributed by atoms with E-state index in [2.05, 4.69) is 5.16 Å². The molecule has 3 aromatic rings. The normalized spacial score (nSPS) is 10.6. The Morgan fingerprint density at radius 2 is 1.91 bits per heavy atom. The molecule has 0 unspecified atom stereocenters. The fourth-order valence-corrected chi connectivity index (χ4v) is 3.09. The summed E-state index contributed by atoms with van der Waals surface area (Å²) >= 11 is 0. The summed E-state index contributed by atoms with van der Waals surface area (Å²) in [6.07, 6.45) is 0. The van der Waals surface area contributed by atoms with E-state index in [9.17, 15) is 14.0 Å². The van der Waals surface area contributed by atoms with Crippen molar-refractivity contribution in [1.82, 2.24) is 10.1 Å². The summed E-state index contributed by atoms with van der Waals surface area (Å²) in [5, 5.41) is 3.89. The van der Waals surface area contributed by atoms with Crippen molar-refractivity contribution < 1.29 is 32.7 Å². The van der Waals surface area contributed by atoms with E-state index in [1.807, 2.05) is 6.92 Å². The SMILES string of the molecule is COc1cc(C(=O)OCC(=O)N(C)Cc2cccc(F)c2)ccc1OCc1c(C)noc1C. The maximum Gasteiger partial charge on any atom is 0.338 e. The maximum absolute atomic E-state index is 13.3. The minimum absolute atomic E-state index is 0.194. The average molecular weight is 456 g/mol. The summed E-state index contributed by atoms with van der Waals surface area (Å²) < 4.78 is 34.7. The monoisotopic (exact) mass is 456 g/mol. The minimum atomic E-state index is -0.682. The van der Waals surface area contributed by atoms with Gasteiger partial charge in [-0.05, 0) is 49.7 Å². The van der Waals surface area contributed by atoms with Crippen molar-refractivity contribution >= 4 is 11.9 Å². The van der Waals surface area contributed by atoms with E-state index < -0.39 is 18.5 Å². The highest BCUT2D eigenvalue weighted by Crippen LogP contribution is 2.29. The Labute approximate surface area is 190 Å². The van der Waals surface area contributed by atoms with Gasteiger partial charge in [0.25, 0.3) is 5.91 Å². The number of aryl methyl sites for hydroxylation is 2. The Balaban J connectivity index is 1.57. The molecule has 3 rings (SSSR count). The zero-order valence-electron chi connectivity index (χ0n) is 18.9. The van der Waals surface area contributed by atoms with Gasteiger partial charge in [0.1, 0.15) is 18.2 Å². The third-order valence-corrected chi connectivity index (χ3v) is 5.01. The van der Waals surface area contributed by atoms with E-state index in [4.69, 9.17) is 18.7 Å². The second-order valence-corrected chi connectivity index (χ2v) is 7.41. The van der Waals surface area contributed by atoms with E-state index in [1.54, 1.807) is 32.2 Å². The van der Waals surface area contributed by atoms with E-state index in [0.717, 1.165) is 11.3 Å². The van der Waals surface area contributed by atoms with Gasteiger partial charge >= 0.3 is 5.97 Å². The fraction of sp³-hybridized carbons (Fsp3) is 0.292. The standard InChI is InChI=1S/C24H25FN2O6/c1-15-20(16(2)33-26-15)13-31-21-9-8-18(11-22(21)30-4)24(29)32-14-23(28)27(3)12-17-6-5-7-19(25)10-17/h5-11H,12-14H2,1-4H3. The van der Waals surface area contributed by atoms with Gasteiger partial charge in [0, 0.05) is 13.6 Å². The van der Waals surface area contributed by atoms with Crippen molar-refractivity contribution in [3.05, 3.63) is 76.4 Å². The number of amides is 1. The van der Waals surface area contributed by atoms with Gasteiger partial charge in [-0.1, -0.05) is 17.3 Å². The van der Waals surface area contributed by atoms with E-state index in [-0.39, 0.29) is 24.5 Å². The lowest BCUT2D eigenvalue weighted by molar-refractivity contribution is -0.133. The number of hydrogen-bond donors (Lipinski definition) is 0. The van der Waals surface area contributed by atoms with Gasteiger partial charge in [0.05, 0.1) is 23.9 Å². The number of carbonyl (C=O) groups excluding carboxylic acids is 2. The Morgan fingerprint density at radius 3 is 2.58 bits per heavy atom. The molecule has 0 saturated carbocycles. The van der Waals surface area contributed by atoms with Crippen LogP contribution in [0.25, 0.3) is 0 Å². The van der Waals surface area contributed by atoms with Crippen molar-refractivity contribution in [2.45, 2.75) is 27.0 Å². The van der Waals surface area contributed by atoms with Gasteiger partial charge in [-0.25, -0.2) is 9.18 Å². The van der Waals surface area contributed by atoms with E-state index in [1.165, 1.54) is 36.3 Å². The Kier molecular flexibility index (Phi) is 7.66. The summed E-state index contributed by atoms with van der Waals surface area (Å²) in [6.45, 7) is 3.60. The lowest BCUT2D eigenvalue weighted by Gasteiger charge is -2.17. The second-order valence-electron chi connectivity index (χ2n) is 7.41. The van der Waals surface area contributed by atoms with Crippen molar-refractivity contribution in [3.63, 3.8) is 0 Å². The van der Waals surface area contributed by atoms with Crippen LogP contribution in [0.4, 0.5) is 4.39 Å². The van der Waals surface area contributed by atoms with Crippen LogP contribution in [0.5, 0.6) is 11.5 Å². The Morgan fingerprint density at radius 1 is 1.12 bits per heavy atom. The molecule has 0 spiro atoms. The maximum atomic E-state index is 13.3. The van der Waals surface area contributed by atoms with Crippen molar-refractivity contribution in [3.8, 4) is 11.5 Å². The van der Waals surface area contributed by atoms with Crippen LogP contribution in [-0.2, 0) is 22.7 Å². The molecular formula is C24H25FN2O6. The first-order valence-corrected chi connectivity index (χ1v) is 10.2. The minimum Gasteiger partial charge on any atom is -0.493 e. The van der Waals surface area contributed by atoms with Gasteiger partial charge in [-0.2, -0.15) is 0 Å². The van der Waals surface area contributed by atoms with Crippen LogP contribution in [0.3, 0.4) is 0 Å². The topological polar surface area (TPSA) is 91.1 Å². The van der Waals surface area contributed by atoms with Gasteiger partial charge in [0.15, 0.2) is 18.1 Å². The molecule has 1 amide bonds. The number of nitrogens with zero attached hydrogens (tertiary/aromatic N) is 2. The summed E-state index contributed by atoms with van der Waals surface area (Å²) in [4.78, 5) is 26.1. The molecule has 0 fully saturated rings. The Hall–Kier alpha value is -3.88. The molecule has 2 aromatic carbocycles. The molecule has 174 valence electrons. The second kappa shape index (κ2) is 10.6. The van der Waals surface area contributed by atoms with Crippen LogP contribution >= 0.6 is 0 Å². The molecule has 0 atom stereocenters. The molecule has 0 bridgehead atoms. The van der Waals surface area contributed by atoms with Gasteiger partial charge < -0.3 is 23.6 Å². The zero-order valence-corrected chi connectivity index (χ0v) is 18.9. The average Bonchev–Trinajstić information content (AvgIpc) is 3.12. The predicted molar refractivity (Wildman–Crippen MR) is 116 cm³/mol. The van der Waals surface area contributed by atoms with E-state index in [0.29, 0.717) is 22.8 Å². The number of halogens is 1. The first-order chi connectivity index (χ1) is 15.8. The summed E-state index contributed by atoms with van der Waals surface area (Å²) in [6, 6.07) is 10.5. The van der Waals surface area contributed by atoms with Crippen molar-refractivity contribution in [2.75, 3.05) is 20.8 Å². The third-order valence-electron chi connectivity index (χ3n) is 5.01. The molecule has 1 aromatic heterocycles. The quantitative estimate of drug-likeness (QED) is 0.452. The van der Waals surface area contributed by atoms with Crippen molar-refractivity contribution in [2.24, 2.45) is 0 Å². The molecule has 0 aliphatic rings. The first-order valence-electron chi connectivity index (χ1n) is 10.2. The predicted octanol–water partition coefficient (Wildman–Crippen LogP) is 3.83. The fourth-order valence-electron chi connectivity index (χ4n) is 3.09. The van der Waals surface area contributed by atoms with Crippen LogP contribution in [0.2, 0.25) is 0 Å². The number of esters is 1. The molecule has 0 aliphatic carbocycles. The summed E-state index contributed by atoms with van der Waals surface area (Å²) in [5.74, 6) is -0.0469. The first kappa shape index (κ1) is 23.8. The van der Waals surface area contributed by atoms with E-state index >= 15 is 0 Å². The summed E-state index contributed by atoms with van der Waals surface area (Å²) in [7, 11) is 3.01. The highest BCUT2D eigenvalue weighted by molar-refractivity contribution is 5.92. The number of benzene rings is 2. The number of carbonyl (C=O) groups is 2. The molecule has 0 saturated heterocycles. The Bertz CT molecular complexity index is 1120. The highest BCUT2D eigenvalue weighted by atomic mass is 19.1. The number of likely N-dealkylation sites (N-methyl/N-ethyl adjacent to an activating group) is 1. The number of ether oxygens (including phenoxy) is 3. The third kappa shape index (κ3) is 6.09. The summed E-state index contributed by atoms with van der Waals surface area (Å²) in [5.41, 5.74) is 2.41.